The summed E-state index contributed by atoms with van der Waals surface area (Å²) in [4.78, 5) is 15.8. The van der Waals surface area contributed by atoms with Gasteiger partial charge in [-0.15, -0.1) is 21.5 Å². The predicted octanol–water partition coefficient (Wildman–Crippen LogP) is 2.06. The van der Waals surface area contributed by atoms with Crippen LogP contribution in [0.1, 0.15) is 36.8 Å². The molecule has 0 bridgehead atoms. The molecule has 3 rings (SSSR count). The van der Waals surface area contributed by atoms with Crippen molar-refractivity contribution in [2.45, 2.75) is 46.3 Å². The summed E-state index contributed by atoms with van der Waals surface area (Å²) in [5, 5.41) is 13.7. The fourth-order valence-electron chi connectivity index (χ4n) is 2.86. The van der Waals surface area contributed by atoms with Crippen LogP contribution in [0.4, 0.5) is 0 Å². The molecule has 1 N–H and O–H groups in total. The molecule has 6 nitrogen and oxygen atoms in total. The van der Waals surface area contributed by atoms with Gasteiger partial charge in [-0.1, -0.05) is 19.9 Å². The highest BCUT2D eigenvalue weighted by Gasteiger charge is 2.19. The fraction of sp³-hybridized carbons (Fsp3) is 0.588. The monoisotopic (exact) mass is 347 g/mol. The largest absolute Gasteiger partial charge is 0.349 e. The van der Waals surface area contributed by atoms with Gasteiger partial charge in [0.1, 0.15) is 5.82 Å². The number of rotatable bonds is 6. The molecule has 7 heteroatoms. The molecule has 130 valence electrons. The second-order valence-electron chi connectivity index (χ2n) is 6.32. The molecule has 24 heavy (non-hydrogen) atoms. The van der Waals surface area contributed by atoms with Gasteiger partial charge < -0.3 is 9.88 Å². The normalized spacial score (nSPS) is 16.4. The Morgan fingerprint density at radius 1 is 1.38 bits per heavy atom. The smallest absolute Gasteiger partial charge is 0.223 e. The van der Waals surface area contributed by atoms with E-state index in [1.165, 1.54) is 4.88 Å². The zero-order valence-electron chi connectivity index (χ0n) is 14.4. The first-order valence-corrected chi connectivity index (χ1v) is 9.48. The van der Waals surface area contributed by atoms with Crippen molar-refractivity contribution in [3.63, 3.8) is 0 Å². The maximum atomic E-state index is 12.0. The Labute approximate surface area is 146 Å². The van der Waals surface area contributed by atoms with Gasteiger partial charge in [-0.05, 0) is 17.9 Å². The molecule has 0 aromatic carbocycles. The van der Waals surface area contributed by atoms with E-state index in [2.05, 4.69) is 42.5 Å². The number of nitrogens with zero attached hydrogens (tertiary/aromatic N) is 4. The van der Waals surface area contributed by atoms with Crippen LogP contribution in [0.25, 0.3) is 0 Å². The van der Waals surface area contributed by atoms with Crippen LogP contribution in [0, 0.1) is 5.92 Å². The number of hydrogen-bond acceptors (Lipinski definition) is 5. The number of fused-ring (bicyclic) bond motifs is 1. The highest BCUT2D eigenvalue weighted by Crippen LogP contribution is 2.15. The Kier molecular flexibility index (Phi) is 5.63. The van der Waals surface area contributed by atoms with Gasteiger partial charge >= 0.3 is 0 Å². The maximum absolute atomic E-state index is 12.0. The van der Waals surface area contributed by atoms with Crippen molar-refractivity contribution in [2.75, 3.05) is 13.1 Å². The highest BCUT2D eigenvalue weighted by molar-refractivity contribution is 7.09. The van der Waals surface area contributed by atoms with E-state index in [4.69, 9.17) is 0 Å². The third-order valence-corrected chi connectivity index (χ3v) is 5.50. The third-order valence-electron chi connectivity index (χ3n) is 4.64. The average molecular weight is 347 g/mol. The molecule has 1 aliphatic heterocycles. The molecule has 2 aromatic heterocycles. The minimum absolute atomic E-state index is 0.0396. The molecule has 0 saturated heterocycles. The number of carbonyl (C=O) groups is 1. The number of amides is 1. The Balaban J connectivity index is 1.59. The molecule has 0 spiro atoms. The average Bonchev–Trinajstić information content (AvgIpc) is 3.19. The summed E-state index contributed by atoms with van der Waals surface area (Å²) >= 11 is 1.80. The van der Waals surface area contributed by atoms with Gasteiger partial charge in [0.2, 0.25) is 5.91 Å². The lowest BCUT2D eigenvalue weighted by Crippen LogP contribution is -2.30. The van der Waals surface area contributed by atoms with Crippen LogP contribution in [-0.4, -0.2) is 38.7 Å². The van der Waals surface area contributed by atoms with Crippen LogP contribution in [-0.2, 0) is 30.8 Å². The fourth-order valence-corrected chi connectivity index (χ4v) is 3.61. The third kappa shape index (κ3) is 4.02. The van der Waals surface area contributed by atoms with Gasteiger partial charge in [-0.2, -0.15) is 0 Å². The molecule has 3 heterocycles. The van der Waals surface area contributed by atoms with E-state index in [1.807, 2.05) is 13.8 Å². The van der Waals surface area contributed by atoms with Gasteiger partial charge in [0.25, 0.3) is 0 Å². The topological polar surface area (TPSA) is 63.1 Å². The first-order chi connectivity index (χ1) is 11.7. The zero-order valence-corrected chi connectivity index (χ0v) is 15.2. The molecule has 0 aliphatic carbocycles. The van der Waals surface area contributed by atoms with Crippen molar-refractivity contribution < 1.29 is 4.79 Å². The number of aromatic nitrogens is 3. The van der Waals surface area contributed by atoms with E-state index in [0.29, 0.717) is 6.54 Å². The Morgan fingerprint density at radius 3 is 3.00 bits per heavy atom. The van der Waals surface area contributed by atoms with Crippen LogP contribution in [0.2, 0.25) is 0 Å². The quantitative estimate of drug-likeness (QED) is 0.869. The zero-order chi connectivity index (χ0) is 16.9. The van der Waals surface area contributed by atoms with Gasteiger partial charge in [0, 0.05) is 43.4 Å². The molecule has 2 aromatic rings. The summed E-state index contributed by atoms with van der Waals surface area (Å²) in [7, 11) is 0. The highest BCUT2D eigenvalue weighted by atomic mass is 32.1. The molecular formula is C17H25N5OS. The molecule has 1 aliphatic rings. The molecule has 0 fully saturated rings. The Hall–Kier alpha value is -1.73. The first kappa shape index (κ1) is 17.1. The molecular weight excluding hydrogens is 322 g/mol. The molecule has 1 amide bonds. The van der Waals surface area contributed by atoms with Crippen molar-refractivity contribution in [2.24, 2.45) is 5.92 Å². The Bertz CT molecular complexity index is 667. The standard InChI is InChI=1S/C17H25N5OS/c1-3-13(2)17(23)18-11-16-20-19-15-6-7-21(8-9-22(15)16)12-14-5-4-10-24-14/h4-5,10,13H,3,6-9,11-12H2,1-2H3,(H,18,23). The van der Waals surface area contributed by atoms with Crippen molar-refractivity contribution in [1.29, 1.82) is 0 Å². The van der Waals surface area contributed by atoms with Crippen molar-refractivity contribution in [1.82, 2.24) is 25.0 Å². The van der Waals surface area contributed by atoms with Crippen LogP contribution in [0.5, 0.6) is 0 Å². The van der Waals surface area contributed by atoms with Crippen molar-refractivity contribution in [3.05, 3.63) is 34.0 Å². The van der Waals surface area contributed by atoms with E-state index in [1.54, 1.807) is 11.3 Å². The lowest BCUT2D eigenvalue weighted by Gasteiger charge is -2.18. The summed E-state index contributed by atoms with van der Waals surface area (Å²) in [6.07, 6.45) is 1.75. The molecule has 1 atom stereocenters. The van der Waals surface area contributed by atoms with Crippen LogP contribution in [0.3, 0.4) is 0 Å². The summed E-state index contributed by atoms with van der Waals surface area (Å²) in [6, 6.07) is 4.29. The Morgan fingerprint density at radius 2 is 2.25 bits per heavy atom. The predicted molar refractivity (Wildman–Crippen MR) is 94.6 cm³/mol. The second-order valence-corrected chi connectivity index (χ2v) is 7.35. The van der Waals surface area contributed by atoms with Gasteiger partial charge in [0.05, 0.1) is 6.54 Å². The molecule has 1 unspecified atom stereocenters. The van der Waals surface area contributed by atoms with E-state index in [0.717, 1.165) is 50.7 Å². The van der Waals surface area contributed by atoms with Crippen LogP contribution in [0.15, 0.2) is 17.5 Å². The van der Waals surface area contributed by atoms with E-state index in [-0.39, 0.29) is 11.8 Å². The summed E-state index contributed by atoms with van der Waals surface area (Å²) in [6.45, 7) is 8.28. The second kappa shape index (κ2) is 7.90. The summed E-state index contributed by atoms with van der Waals surface area (Å²) in [5.41, 5.74) is 0. The summed E-state index contributed by atoms with van der Waals surface area (Å²) < 4.78 is 2.17. The molecule has 0 saturated carbocycles. The van der Waals surface area contributed by atoms with Crippen LogP contribution >= 0.6 is 11.3 Å². The van der Waals surface area contributed by atoms with Gasteiger partial charge in [-0.25, -0.2) is 0 Å². The minimum atomic E-state index is 0.0396. The maximum Gasteiger partial charge on any atom is 0.223 e. The van der Waals surface area contributed by atoms with Gasteiger partial charge in [0.15, 0.2) is 5.82 Å². The van der Waals surface area contributed by atoms with Crippen LogP contribution < -0.4 is 5.32 Å². The van der Waals surface area contributed by atoms with Gasteiger partial charge in [-0.3, -0.25) is 9.69 Å². The number of nitrogens with one attached hydrogen (secondary N) is 1. The number of thiophene rings is 1. The minimum Gasteiger partial charge on any atom is -0.349 e. The SMILES string of the molecule is CCC(C)C(=O)NCc1nnc2n1CCN(Cc1cccs1)CC2. The van der Waals surface area contributed by atoms with Crippen molar-refractivity contribution >= 4 is 17.2 Å². The number of carbonyl (C=O) groups excluding carboxylic acids is 1. The van der Waals surface area contributed by atoms with Crippen molar-refractivity contribution in [3.8, 4) is 0 Å². The van der Waals surface area contributed by atoms with E-state index >= 15 is 0 Å². The van der Waals surface area contributed by atoms with E-state index in [9.17, 15) is 4.79 Å². The summed E-state index contributed by atoms with van der Waals surface area (Å²) in [5.74, 6) is 2.01. The van der Waals surface area contributed by atoms with E-state index < -0.39 is 0 Å². The lowest BCUT2D eigenvalue weighted by molar-refractivity contribution is -0.124. The number of hydrogen-bond donors (Lipinski definition) is 1. The molecule has 0 radical (unpaired) electrons. The first-order valence-electron chi connectivity index (χ1n) is 8.60. The lowest BCUT2D eigenvalue weighted by atomic mass is 10.1.